The third kappa shape index (κ3) is 3.33. The molecule has 0 aromatic heterocycles. The van der Waals surface area contributed by atoms with Crippen LogP contribution in [0.4, 0.5) is 0 Å². The van der Waals surface area contributed by atoms with Gasteiger partial charge in [-0.25, -0.2) is 13.1 Å². The van der Waals surface area contributed by atoms with Crippen molar-refractivity contribution in [3.8, 4) is 6.07 Å². The minimum atomic E-state index is -3.53. The molecule has 0 saturated heterocycles. The highest BCUT2D eigenvalue weighted by Crippen LogP contribution is 2.05. The molecule has 0 bridgehead atoms. The van der Waals surface area contributed by atoms with E-state index in [0.717, 1.165) is 11.1 Å². The molecule has 1 aromatic carbocycles. The van der Waals surface area contributed by atoms with Crippen molar-refractivity contribution in [1.82, 2.24) is 4.72 Å². The summed E-state index contributed by atoms with van der Waals surface area (Å²) in [5.41, 5.74) is 1.96. The maximum Gasteiger partial charge on any atom is 0.227 e. The number of rotatable bonds is 4. The van der Waals surface area contributed by atoms with Crippen molar-refractivity contribution in [1.29, 1.82) is 5.26 Å². The Morgan fingerprint density at radius 3 is 2.75 bits per heavy atom. The van der Waals surface area contributed by atoms with Gasteiger partial charge in [-0.3, -0.25) is 0 Å². The third-order valence-corrected chi connectivity index (χ3v) is 3.79. The third-order valence-electron chi connectivity index (χ3n) is 2.21. The Labute approximate surface area is 96.0 Å². The molecule has 1 aromatic rings. The molecule has 86 valence electrons. The van der Waals surface area contributed by atoms with E-state index < -0.39 is 15.3 Å². The van der Waals surface area contributed by atoms with Crippen molar-refractivity contribution < 1.29 is 8.42 Å². The minimum absolute atomic E-state index is 0.218. The van der Waals surface area contributed by atoms with Crippen LogP contribution in [0, 0.1) is 18.3 Å². The number of nitrogens with zero attached hydrogens (tertiary/aromatic N) is 1. The summed E-state index contributed by atoms with van der Waals surface area (Å²) < 4.78 is 25.4. The van der Waals surface area contributed by atoms with Crippen LogP contribution in [0.15, 0.2) is 24.3 Å². The Hall–Kier alpha value is -1.38. The maximum absolute atomic E-state index is 11.5. The van der Waals surface area contributed by atoms with Crippen molar-refractivity contribution in [2.75, 3.05) is 0 Å². The van der Waals surface area contributed by atoms with Gasteiger partial charge in [0, 0.05) is 6.54 Å². The summed E-state index contributed by atoms with van der Waals surface area (Å²) in [6.45, 7) is 3.52. The highest BCUT2D eigenvalue weighted by atomic mass is 32.2. The molecule has 1 rings (SSSR count). The van der Waals surface area contributed by atoms with Crippen molar-refractivity contribution >= 4 is 10.0 Å². The van der Waals surface area contributed by atoms with Gasteiger partial charge < -0.3 is 0 Å². The molecule has 0 amide bonds. The van der Waals surface area contributed by atoms with Gasteiger partial charge in [0.2, 0.25) is 10.0 Å². The number of aryl methyl sites for hydroxylation is 1. The van der Waals surface area contributed by atoms with E-state index in [0.29, 0.717) is 0 Å². The van der Waals surface area contributed by atoms with Crippen molar-refractivity contribution in [2.24, 2.45) is 0 Å². The number of benzene rings is 1. The van der Waals surface area contributed by atoms with E-state index in [1.54, 1.807) is 6.07 Å². The Balaban J connectivity index is 2.69. The molecular formula is C11H14N2O2S. The molecule has 1 N–H and O–H groups in total. The zero-order valence-electron chi connectivity index (χ0n) is 9.27. The highest BCUT2D eigenvalue weighted by Gasteiger charge is 2.19. The zero-order chi connectivity index (χ0) is 12.2. The second kappa shape index (κ2) is 5.10. The average Bonchev–Trinajstić information content (AvgIpc) is 2.25. The predicted molar refractivity (Wildman–Crippen MR) is 62.0 cm³/mol. The number of hydrogen-bond acceptors (Lipinski definition) is 3. The van der Waals surface area contributed by atoms with Gasteiger partial charge in [-0.15, -0.1) is 0 Å². The molecular weight excluding hydrogens is 224 g/mol. The SMILES string of the molecule is Cc1cccc(CNS(=O)(=O)C(C)C#N)c1. The predicted octanol–water partition coefficient (Wildman–Crippen LogP) is 1.33. The van der Waals surface area contributed by atoms with Gasteiger partial charge in [0.25, 0.3) is 0 Å². The first-order chi connectivity index (χ1) is 7.45. The quantitative estimate of drug-likeness (QED) is 0.860. The standard InChI is InChI=1S/C11H14N2O2S/c1-9-4-3-5-11(6-9)8-13-16(14,15)10(2)7-12/h3-6,10,13H,8H2,1-2H3. The zero-order valence-corrected chi connectivity index (χ0v) is 10.1. The number of nitrogens with one attached hydrogen (secondary N) is 1. The van der Waals surface area contributed by atoms with E-state index in [4.69, 9.17) is 5.26 Å². The Kier molecular flexibility index (Phi) is 4.05. The molecule has 0 aliphatic heterocycles. The van der Waals surface area contributed by atoms with Crippen molar-refractivity contribution in [2.45, 2.75) is 25.6 Å². The van der Waals surface area contributed by atoms with Crippen LogP contribution in [0.2, 0.25) is 0 Å². The van der Waals surface area contributed by atoms with Gasteiger partial charge in [-0.05, 0) is 19.4 Å². The van der Waals surface area contributed by atoms with Crippen LogP contribution < -0.4 is 4.72 Å². The normalized spacial score (nSPS) is 13.1. The summed E-state index contributed by atoms with van der Waals surface area (Å²) in [6, 6.07) is 9.25. The molecule has 0 spiro atoms. The van der Waals surface area contributed by atoms with E-state index in [9.17, 15) is 8.42 Å². The van der Waals surface area contributed by atoms with Crippen LogP contribution in [0.25, 0.3) is 0 Å². The second-order valence-electron chi connectivity index (χ2n) is 3.63. The van der Waals surface area contributed by atoms with E-state index in [1.165, 1.54) is 6.92 Å². The lowest BCUT2D eigenvalue weighted by atomic mass is 10.1. The van der Waals surface area contributed by atoms with E-state index in [-0.39, 0.29) is 6.54 Å². The number of nitriles is 1. The molecule has 1 atom stereocenters. The minimum Gasteiger partial charge on any atom is -0.211 e. The molecule has 4 nitrogen and oxygen atoms in total. The summed E-state index contributed by atoms with van der Waals surface area (Å²) in [5, 5.41) is 7.51. The molecule has 0 aliphatic rings. The molecule has 0 radical (unpaired) electrons. The maximum atomic E-state index is 11.5. The highest BCUT2D eigenvalue weighted by molar-refractivity contribution is 7.90. The fraction of sp³-hybridized carbons (Fsp3) is 0.364. The number of sulfonamides is 1. The van der Waals surface area contributed by atoms with E-state index >= 15 is 0 Å². The van der Waals surface area contributed by atoms with Crippen LogP contribution in [0.3, 0.4) is 0 Å². The van der Waals surface area contributed by atoms with Crippen molar-refractivity contribution in [3.63, 3.8) is 0 Å². The molecule has 5 heteroatoms. The average molecular weight is 238 g/mol. The molecule has 1 unspecified atom stereocenters. The topological polar surface area (TPSA) is 70.0 Å². The summed E-state index contributed by atoms with van der Waals surface area (Å²) in [4.78, 5) is 0. The molecule has 16 heavy (non-hydrogen) atoms. The Morgan fingerprint density at radius 1 is 1.50 bits per heavy atom. The molecule has 0 fully saturated rings. The second-order valence-corrected chi connectivity index (χ2v) is 5.71. The van der Waals surface area contributed by atoms with Crippen LogP contribution in [0.1, 0.15) is 18.1 Å². The Bertz CT molecular complexity index is 503. The monoisotopic (exact) mass is 238 g/mol. The first kappa shape index (κ1) is 12.7. The fourth-order valence-electron chi connectivity index (χ4n) is 1.20. The molecule has 0 aliphatic carbocycles. The lowest BCUT2D eigenvalue weighted by Crippen LogP contribution is -2.31. The van der Waals surface area contributed by atoms with Gasteiger partial charge in [0.15, 0.2) is 5.25 Å². The molecule has 0 heterocycles. The van der Waals surface area contributed by atoms with Crippen LogP contribution in [0.5, 0.6) is 0 Å². The Morgan fingerprint density at radius 2 is 2.19 bits per heavy atom. The lowest BCUT2D eigenvalue weighted by Gasteiger charge is -2.08. The van der Waals surface area contributed by atoms with Gasteiger partial charge in [-0.1, -0.05) is 29.8 Å². The van der Waals surface area contributed by atoms with Gasteiger partial charge in [0.1, 0.15) is 0 Å². The lowest BCUT2D eigenvalue weighted by molar-refractivity contribution is 0.577. The number of hydrogen-bond donors (Lipinski definition) is 1. The first-order valence-electron chi connectivity index (χ1n) is 4.89. The summed E-state index contributed by atoms with van der Waals surface area (Å²) in [5.74, 6) is 0. The van der Waals surface area contributed by atoms with Crippen LogP contribution >= 0.6 is 0 Å². The summed E-state index contributed by atoms with van der Waals surface area (Å²) >= 11 is 0. The summed E-state index contributed by atoms with van der Waals surface area (Å²) in [7, 11) is -3.53. The first-order valence-corrected chi connectivity index (χ1v) is 6.44. The van der Waals surface area contributed by atoms with E-state index in [1.807, 2.05) is 31.2 Å². The van der Waals surface area contributed by atoms with Gasteiger partial charge >= 0.3 is 0 Å². The fourth-order valence-corrected chi connectivity index (χ4v) is 1.96. The van der Waals surface area contributed by atoms with Crippen molar-refractivity contribution in [3.05, 3.63) is 35.4 Å². The van der Waals surface area contributed by atoms with Crippen LogP contribution in [-0.4, -0.2) is 13.7 Å². The largest absolute Gasteiger partial charge is 0.227 e. The van der Waals surface area contributed by atoms with Crippen LogP contribution in [-0.2, 0) is 16.6 Å². The van der Waals surface area contributed by atoms with Gasteiger partial charge in [-0.2, -0.15) is 5.26 Å². The summed E-state index contributed by atoms with van der Waals surface area (Å²) in [6.07, 6.45) is 0. The smallest absolute Gasteiger partial charge is 0.211 e. The molecule has 0 saturated carbocycles. The van der Waals surface area contributed by atoms with Gasteiger partial charge in [0.05, 0.1) is 6.07 Å². The van der Waals surface area contributed by atoms with E-state index in [2.05, 4.69) is 4.72 Å².